The summed E-state index contributed by atoms with van der Waals surface area (Å²) in [6.07, 6.45) is 11.6. The van der Waals surface area contributed by atoms with Gasteiger partial charge in [-0.25, -0.2) is 0 Å². The molecule has 1 aromatic rings. The van der Waals surface area contributed by atoms with E-state index < -0.39 is 0 Å². The van der Waals surface area contributed by atoms with Crippen LogP contribution in [-0.2, 0) is 6.42 Å². The van der Waals surface area contributed by atoms with Crippen molar-refractivity contribution in [1.82, 2.24) is 5.43 Å². The van der Waals surface area contributed by atoms with Crippen LogP contribution >= 0.6 is 0 Å². The van der Waals surface area contributed by atoms with Crippen molar-refractivity contribution in [3.05, 3.63) is 35.9 Å². The van der Waals surface area contributed by atoms with E-state index >= 15 is 0 Å². The smallest absolute Gasteiger partial charge is 0.0213 e. The van der Waals surface area contributed by atoms with Gasteiger partial charge in [0.1, 0.15) is 0 Å². The van der Waals surface area contributed by atoms with Gasteiger partial charge in [0.05, 0.1) is 0 Å². The fourth-order valence-corrected chi connectivity index (χ4v) is 2.47. The lowest BCUT2D eigenvalue weighted by Crippen LogP contribution is -2.35. The molecule has 0 aromatic heterocycles. The Morgan fingerprint density at radius 2 is 1.63 bits per heavy atom. The standard InChI is InChI=1S/C17H30N2/c1-2-3-4-5-6-10-13-17(19-18)15-14-16-11-8-7-9-12-16/h7-9,11-12,17,19H,2-6,10,13-15,18H2,1H3. The molecule has 0 saturated heterocycles. The predicted octanol–water partition coefficient (Wildman–Crippen LogP) is 4.20. The largest absolute Gasteiger partial charge is 0.271 e. The Kier molecular flexibility index (Phi) is 9.38. The summed E-state index contributed by atoms with van der Waals surface area (Å²) in [7, 11) is 0. The molecule has 0 aliphatic rings. The fraction of sp³-hybridized carbons (Fsp3) is 0.647. The highest BCUT2D eigenvalue weighted by atomic mass is 15.2. The van der Waals surface area contributed by atoms with Crippen molar-refractivity contribution in [3.8, 4) is 0 Å². The van der Waals surface area contributed by atoms with Crippen LogP contribution in [0.25, 0.3) is 0 Å². The first-order chi connectivity index (χ1) is 9.36. The minimum atomic E-state index is 0.464. The number of rotatable bonds is 11. The molecule has 0 aliphatic carbocycles. The molecule has 0 radical (unpaired) electrons. The van der Waals surface area contributed by atoms with E-state index in [-0.39, 0.29) is 0 Å². The molecule has 0 bridgehead atoms. The van der Waals surface area contributed by atoms with Gasteiger partial charge in [0.25, 0.3) is 0 Å². The highest BCUT2D eigenvalue weighted by Gasteiger charge is 2.06. The van der Waals surface area contributed by atoms with Crippen molar-refractivity contribution < 1.29 is 0 Å². The molecule has 0 amide bonds. The van der Waals surface area contributed by atoms with E-state index in [0.717, 1.165) is 12.8 Å². The second kappa shape index (κ2) is 11.0. The Hall–Kier alpha value is -0.860. The molecule has 19 heavy (non-hydrogen) atoms. The van der Waals surface area contributed by atoms with Crippen LogP contribution in [0.2, 0.25) is 0 Å². The second-order valence-corrected chi connectivity index (χ2v) is 5.44. The summed E-state index contributed by atoms with van der Waals surface area (Å²) in [5.41, 5.74) is 4.38. The maximum Gasteiger partial charge on any atom is 0.0213 e. The van der Waals surface area contributed by atoms with Crippen molar-refractivity contribution in [2.45, 2.75) is 70.8 Å². The first-order valence-electron chi connectivity index (χ1n) is 7.87. The van der Waals surface area contributed by atoms with E-state index in [1.807, 2.05) is 0 Å². The number of aryl methyl sites for hydroxylation is 1. The minimum absolute atomic E-state index is 0.464. The Bertz CT molecular complexity index is 297. The third-order valence-electron chi connectivity index (χ3n) is 3.77. The van der Waals surface area contributed by atoms with E-state index in [1.54, 1.807) is 0 Å². The van der Waals surface area contributed by atoms with Crippen LogP contribution in [0, 0.1) is 0 Å². The molecule has 108 valence electrons. The second-order valence-electron chi connectivity index (χ2n) is 5.44. The zero-order valence-electron chi connectivity index (χ0n) is 12.4. The summed E-state index contributed by atoms with van der Waals surface area (Å²) in [5.74, 6) is 5.65. The van der Waals surface area contributed by atoms with Gasteiger partial charge in [-0.05, 0) is 24.8 Å². The van der Waals surface area contributed by atoms with Crippen molar-refractivity contribution >= 4 is 0 Å². The average molecular weight is 262 g/mol. The summed E-state index contributed by atoms with van der Waals surface area (Å²) < 4.78 is 0. The van der Waals surface area contributed by atoms with E-state index in [9.17, 15) is 0 Å². The van der Waals surface area contributed by atoms with E-state index in [0.29, 0.717) is 6.04 Å². The molecule has 1 aromatic carbocycles. The van der Waals surface area contributed by atoms with Gasteiger partial charge in [0.15, 0.2) is 0 Å². The van der Waals surface area contributed by atoms with E-state index in [4.69, 9.17) is 5.84 Å². The van der Waals surface area contributed by atoms with Crippen LogP contribution in [0.15, 0.2) is 30.3 Å². The molecular weight excluding hydrogens is 232 g/mol. The lowest BCUT2D eigenvalue weighted by Gasteiger charge is -2.15. The zero-order valence-corrected chi connectivity index (χ0v) is 12.4. The van der Waals surface area contributed by atoms with Gasteiger partial charge in [-0.2, -0.15) is 0 Å². The molecule has 1 rings (SSSR count). The van der Waals surface area contributed by atoms with Crippen LogP contribution < -0.4 is 11.3 Å². The summed E-state index contributed by atoms with van der Waals surface area (Å²) in [5, 5.41) is 0. The molecule has 2 nitrogen and oxygen atoms in total. The Morgan fingerprint density at radius 3 is 2.32 bits per heavy atom. The van der Waals surface area contributed by atoms with Gasteiger partial charge < -0.3 is 0 Å². The average Bonchev–Trinajstić information content (AvgIpc) is 2.47. The third-order valence-corrected chi connectivity index (χ3v) is 3.77. The van der Waals surface area contributed by atoms with Crippen LogP contribution in [0.3, 0.4) is 0 Å². The normalized spacial score (nSPS) is 12.5. The molecule has 0 aliphatic heterocycles. The first-order valence-corrected chi connectivity index (χ1v) is 7.87. The maximum atomic E-state index is 5.65. The highest BCUT2D eigenvalue weighted by molar-refractivity contribution is 5.14. The van der Waals surface area contributed by atoms with Crippen LogP contribution in [-0.4, -0.2) is 6.04 Å². The predicted molar refractivity (Wildman–Crippen MR) is 83.9 cm³/mol. The number of nitrogens with two attached hydrogens (primary N) is 1. The Balaban J connectivity index is 2.09. The highest BCUT2D eigenvalue weighted by Crippen LogP contribution is 2.12. The SMILES string of the molecule is CCCCCCCCC(CCc1ccccc1)NN. The monoisotopic (exact) mass is 262 g/mol. The van der Waals surface area contributed by atoms with Gasteiger partial charge in [0, 0.05) is 6.04 Å². The van der Waals surface area contributed by atoms with Gasteiger partial charge in [-0.15, -0.1) is 0 Å². The number of hydrogen-bond donors (Lipinski definition) is 2. The zero-order chi connectivity index (χ0) is 13.8. The van der Waals surface area contributed by atoms with Crippen molar-refractivity contribution in [3.63, 3.8) is 0 Å². The van der Waals surface area contributed by atoms with Crippen LogP contribution in [0.1, 0.15) is 63.9 Å². The van der Waals surface area contributed by atoms with Gasteiger partial charge in [0.2, 0.25) is 0 Å². The number of unbranched alkanes of at least 4 members (excludes halogenated alkanes) is 5. The van der Waals surface area contributed by atoms with Crippen molar-refractivity contribution in [2.75, 3.05) is 0 Å². The number of benzene rings is 1. The molecule has 2 heteroatoms. The quantitative estimate of drug-likeness (QED) is 0.356. The van der Waals surface area contributed by atoms with E-state index in [2.05, 4.69) is 42.7 Å². The maximum absolute atomic E-state index is 5.65. The summed E-state index contributed by atoms with van der Waals surface area (Å²) in [4.78, 5) is 0. The summed E-state index contributed by atoms with van der Waals surface area (Å²) in [6, 6.07) is 11.1. The minimum Gasteiger partial charge on any atom is -0.271 e. The Labute approximate surface area is 118 Å². The summed E-state index contributed by atoms with van der Waals surface area (Å²) in [6.45, 7) is 2.26. The van der Waals surface area contributed by atoms with Crippen LogP contribution in [0.4, 0.5) is 0 Å². The number of hydrogen-bond acceptors (Lipinski definition) is 2. The van der Waals surface area contributed by atoms with Gasteiger partial charge in [-0.3, -0.25) is 11.3 Å². The number of nitrogens with one attached hydrogen (secondary N) is 1. The summed E-state index contributed by atoms with van der Waals surface area (Å²) >= 11 is 0. The third kappa shape index (κ3) is 8.02. The molecule has 0 fully saturated rings. The van der Waals surface area contributed by atoms with Crippen molar-refractivity contribution in [1.29, 1.82) is 0 Å². The molecule has 1 atom stereocenters. The molecule has 0 saturated carbocycles. The molecule has 3 N–H and O–H groups in total. The molecule has 0 spiro atoms. The van der Waals surface area contributed by atoms with Crippen LogP contribution in [0.5, 0.6) is 0 Å². The fourth-order valence-electron chi connectivity index (χ4n) is 2.47. The van der Waals surface area contributed by atoms with E-state index in [1.165, 1.54) is 50.5 Å². The lowest BCUT2D eigenvalue weighted by atomic mass is 10.00. The Morgan fingerprint density at radius 1 is 0.947 bits per heavy atom. The van der Waals surface area contributed by atoms with Crippen molar-refractivity contribution in [2.24, 2.45) is 5.84 Å². The lowest BCUT2D eigenvalue weighted by molar-refractivity contribution is 0.438. The van der Waals surface area contributed by atoms with Gasteiger partial charge >= 0.3 is 0 Å². The topological polar surface area (TPSA) is 38.0 Å². The first kappa shape index (κ1) is 16.2. The number of hydrazine groups is 1. The van der Waals surface area contributed by atoms with Gasteiger partial charge in [-0.1, -0.05) is 75.8 Å². The molecule has 1 unspecified atom stereocenters. The molecular formula is C17H30N2. The molecule has 0 heterocycles.